The highest BCUT2D eigenvalue weighted by atomic mass is 16.5. The summed E-state index contributed by atoms with van der Waals surface area (Å²) in [4.78, 5) is 12.1. The van der Waals surface area contributed by atoms with Crippen LogP contribution in [0.1, 0.15) is 49.0 Å². The molecule has 17 heavy (non-hydrogen) atoms. The molecule has 1 aromatic carbocycles. The van der Waals surface area contributed by atoms with E-state index in [9.17, 15) is 4.79 Å². The molecule has 0 aliphatic rings. The summed E-state index contributed by atoms with van der Waals surface area (Å²) in [5.74, 6) is 0.0948. The molecule has 2 nitrogen and oxygen atoms in total. The monoisotopic (exact) mass is 234 g/mol. The van der Waals surface area contributed by atoms with E-state index in [1.54, 1.807) is 7.11 Å². The van der Waals surface area contributed by atoms with E-state index in [2.05, 4.69) is 13.8 Å². The van der Waals surface area contributed by atoms with Crippen molar-refractivity contribution in [2.75, 3.05) is 7.11 Å². The van der Waals surface area contributed by atoms with Crippen molar-refractivity contribution in [1.82, 2.24) is 0 Å². The van der Waals surface area contributed by atoms with Crippen LogP contribution in [0.4, 0.5) is 0 Å². The molecule has 1 rings (SSSR count). The molecule has 1 aromatic rings. The molecule has 1 unspecified atom stereocenters. The number of ketones is 1. The fourth-order valence-electron chi connectivity index (χ4n) is 1.93. The molecule has 0 fully saturated rings. The molecule has 94 valence electrons. The molecule has 0 spiro atoms. The van der Waals surface area contributed by atoms with Gasteiger partial charge in [0.15, 0.2) is 5.78 Å². The predicted octanol–water partition coefficient (Wildman–Crippen LogP) is 3.64. The highest BCUT2D eigenvalue weighted by molar-refractivity contribution is 5.99. The summed E-state index contributed by atoms with van der Waals surface area (Å²) in [5, 5.41) is 0. The second-order valence-corrected chi connectivity index (χ2v) is 4.32. The number of ether oxygens (including phenoxy) is 1. The molecule has 0 amide bonds. The first-order valence-corrected chi connectivity index (χ1v) is 6.38. The van der Waals surface area contributed by atoms with Crippen LogP contribution in [0, 0.1) is 0 Å². The highest BCUT2D eigenvalue weighted by Crippen LogP contribution is 2.12. The molecule has 0 N–H and O–H groups in total. The third-order valence-corrected chi connectivity index (χ3v) is 2.90. The van der Waals surface area contributed by atoms with Gasteiger partial charge in [-0.3, -0.25) is 4.79 Å². The van der Waals surface area contributed by atoms with Gasteiger partial charge in [-0.1, -0.05) is 51.0 Å². The summed E-state index contributed by atoms with van der Waals surface area (Å²) < 4.78 is 5.24. The lowest BCUT2D eigenvalue weighted by molar-refractivity contribution is 0.0578. The average Bonchev–Trinajstić information content (AvgIpc) is 2.36. The van der Waals surface area contributed by atoms with Gasteiger partial charge in [0.25, 0.3) is 0 Å². The minimum absolute atomic E-state index is 0.0948. The molecule has 0 heterocycles. The lowest BCUT2D eigenvalue weighted by atomic mass is 10.0. The number of rotatable bonds is 7. The molecule has 0 aromatic heterocycles. The minimum Gasteiger partial charge on any atom is -0.373 e. The molecular formula is C15H22O2. The van der Waals surface area contributed by atoms with Gasteiger partial charge in [-0.15, -0.1) is 0 Å². The first-order chi connectivity index (χ1) is 8.22. The van der Waals surface area contributed by atoms with Gasteiger partial charge in [0.2, 0.25) is 0 Å². The number of hydrogen-bond acceptors (Lipinski definition) is 2. The second kappa shape index (κ2) is 7.23. The zero-order valence-electron chi connectivity index (χ0n) is 11.0. The number of carbonyl (C=O) groups is 1. The Balaban J connectivity index is 2.74. The average molecular weight is 234 g/mol. The van der Waals surface area contributed by atoms with Crippen molar-refractivity contribution in [1.29, 1.82) is 0 Å². The van der Waals surface area contributed by atoms with Crippen LogP contribution >= 0.6 is 0 Å². The normalized spacial score (nSPS) is 12.4. The first-order valence-electron chi connectivity index (χ1n) is 6.38. The summed E-state index contributed by atoms with van der Waals surface area (Å²) in [5.41, 5.74) is 2.04. The van der Waals surface area contributed by atoms with Crippen molar-refractivity contribution in [2.45, 2.75) is 45.6 Å². The molecule has 0 aliphatic carbocycles. The van der Waals surface area contributed by atoms with Crippen molar-refractivity contribution in [3.8, 4) is 0 Å². The molecule has 2 heteroatoms. The van der Waals surface area contributed by atoms with Crippen LogP contribution in [0.3, 0.4) is 0 Å². The van der Waals surface area contributed by atoms with Crippen LogP contribution in [-0.4, -0.2) is 19.0 Å². The molecular weight excluding hydrogens is 212 g/mol. The van der Waals surface area contributed by atoms with E-state index in [-0.39, 0.29) is 11.9 Å². The van der Waals surface area contributed by atoms with Gasteiger partial charge < -0.3 is 4.74 Å². The quantitative estimate of drug-likeness (QED) is 0.673. The Bertz CT molecular complexity index is 340. The van der Waals surface area contributed by atoms with Gasteiger partial charge in [0.05, 0.1) is 0 Å². The Morgan fingerprint density at radius 1 is 1.18 bits per heavy atom. The molecule has 1 atom stereocenters. The predicted molar refractivity (Wildman–Crippen MR) is 70.5 cm³/mol. The molecule has 0 saturated heterocycles. The van der Waals surface area contributed by atoms with Gasteiger partial charge in [0, 0.05) is 12.7 Å². The summed E-state index contributed by atoms with van der Waals surface area (Å²) in [6, 6.07) is 7.90. The highest BCUT2D eigenvalue weighted by Gasteiger charge is 2.18. The minimum atomic E-state index is -0.294. The summed E-state index contributed by atoms with van der Waals surface area (Å²) in [6.45, 7) is 4.21. The maximum absolute atomic E-state index is 12.1. The lowest BCUT2D eigenvalue weighted by Crippen LogP contribution is -2.22. The van der Waals surface area contributed by atoms with E-state index in [1.807, 2.05) is 24.3 Å². The standard InChI is InChI=1S/C15H22O2/c1-4-6-12-8-10-13(11-9-12)15(16)14(17-3)7-5-2/h8-11,14H,4-7H2,1-3H3. The van der Waals surface area contributed by atoms with Crippen LogP contribution in [0.15, 0.2) is 24.3 Å². The van der Waals surface area contributed by atoms with Gasteiger partial charge in [0.1, 0.15) is 6.10 Å². The van der Waals surface area contributed by atoms with E-state index < -0.39 is 0 Å². The Morgan fingerprint density at radius 2 is 1.82 bits per heavy atom. The fraction of sp³-hybridized carbons (Fsp3) is 0.533. The number of Topliss-reactive ketones (excluding diaryl/α,β-unsaturated/α-hetero) is 1. The smallest absolute Gasteiger partial charge is 0.191 e. The van der Waals surface area contributed by atoms with E-state index in [0.717, 1.165) is 31.2 Å². The zero-order valence-corrected chi connectivity index (χ0v) is 11.0. The molecule has 0 aliphatic heterocycles. The summed E-state index contributed by atoms with van der Waals surface area (Å²) in [7, 11) is 1.60. The second-order valence-electron chi connectivity index (χ2n) is 4.32. The van der Waals surface area contributed by atoms with Crippen molar-refractivity contribution in [3.63, 3.8) is 0 Å². The van der Waals surface area contributed by atoms with Crippen molar-refractivity contribution >= 4 is 5.78 Å². The Morgan fingerprint density at radius 3 is 2.29 bits per heavy atom. The topological polar surface area (TPSA) is 26.3 Å². The largest absolute Gasteiger partial charge is 0.373 e. The molecule has 0 bridgehead atoms. The van der Waals surface area contributed by atoms with E-state index >= 15 is 0 Å². The van der Waals surface area contributed by atoms with E-state index in [0.29, 0.717) is 0 Å². The number of methoxy groups -OCH3 is 1. The summed E-state index contributed by atoms with van der Waals surface area (Å²) >= 11 is 0. The van der Waals surface area contributed by atoms with Crippen molar-refractivity contribution < 1.29 is 9.53 Å². The van der Waals surface area contributed by atoms with Gasteiger partial charge in [-0.05, 0) is 18.4 Å². The van der Waals surface area contributed by atoms with Gasteiger partial charge >= 0.3 is 0 Å². The lowest BCUT2D eigenvalue weighted by Gasteiger charge is -2.13. The maximum atomic E-state index is 12.1. The summed E-state index contributed by atoms with van der Waals surface area (Å²) in [6.07, 6.45) is 3.64. The van der Waals surface area contributed by atoms with Crippen molar-refractivity contribution in [2.24, 2.45) is 0 Å². The molecule has 0 radical (unpaired) electrons. The SMILES string of the molecule is CCCc1ccc(C(=O)C(CCC)OC)cc1. The Hall–Kier alpha value is -1.15. The van der Waals surface area contributed by atoms with Crippen LogP contribution < -0.4 is 0 Å². The van der Waals surface area contributed by atoms with E-state index in [4.69, 9.17) is 4.74 Å². The molecule has 0 saturated carbocycles. The van der Waals surface area contributed by atoms with Crippen LogP contribution in [0.5, 0.6) is 0 Å². The number of carbonyl (C=O) groups excluding carboxylic acids is 1. The maximum Gasteiger partial charge on any atom is 0.191 e. The van der Waals surface area contributed by atoms with Crippen LogP contribution in [0.25, 0.3) is 0 Å². The Labute approximate surface area is 104 Å². The number of benzene rings is 1. The van der Waals surface area contributed by atoms with Crippen LogP contribution in [-0.2, 0) is 11.2 Å². The van der Waals surface area contributed by atoms with E-state index in [1.165, 1.54) is 5.56 Å². The zero-order chi connectivity index (χ0) is 12.7. The van der Waals surface area contributed by atoms with Gasteiger partial charge in [-0.2, -0.15) is 0 Å². The first kappa shape index (κ1) is 13.9. The third kappa shape index (κ3) is 3.97. The van der Waals surface area contributed by atoms with Crippen LogP contribution in [0.2, 0.25) is 0 Å². The van der Waals surface area contributed by atoms with Crippen molar-refractivity contribution in [3.05, 3.63) is 35.4 Å². The van der Waals surface area contributed by atoms with Gasteiger partial charge in [-0.25, -0.2) is 0 Å². The number of hydrogen-bond donors (Lipinski definition) is 0. The fourth-order valence-corrected chi connectivity index (χ4v) is 1.93. The third-order valence-electron chi connectivity index (χ3n) is 2.90. The Kier molecular flexibility index (Phi) is 5.92. The number of aryl methyl sites for hydroxylation is 1.